The Bertz CT molecular complexity index is 534. The molecule has 3 heterocycles. The van der Waals surface area contributed by atoms with Gasteiger partial charge in [-0.2, -0.15) is 11.8 Å². The molecule has 0 aromatic carbocycles. The first kappa shape index (κ1) is 18.8. The lowest BCUT2D eigenvalue weighted by Gasteiger charge is -2.32. The first-order valence-electron chi connectivity index (χ1n) is 8.83. The van der Waals surface area contributed by atoms with Gasteiger partial charge in [0, 0.05) is 17.8 Å². The maximum absolute atomic E-state index is 12.6. The van der Waals surface area contributed by atoms with Crippen LogP contribution in [0, 0.1) is 11.8 Å². The Morgan fingerprint density at radius 2 is 1.96 bits per heavy atom. The second-order valence-electron chi connectivity index (χ2n) is 6.55. The molecule has 9 heteroatoms. The Kier molecular flexibility index (Phi) is 6.51. The zero-order valence-corrected chi connectivity index (χ0v) is 15.9. The number of imide groups is 1. The van der Waals surface area contributed by atoms with Gasteiger partial charge in [0.2, 0.25) is 11.8 Å². The van der Waals surface area contributed by atoms with Crippen LogP contribution in [0.4, 0.5) is 4.79 Å². The fraction of sp³-hybridized carbons (Fsp3) is 0.812. The third-order valence-corrected chi connectivity index (χ3v) is 7.63. The standard InChI is InChI=1S/C16H25N3O4S2/c1-2-23-16(22)19-14(21)10-3-5-25-15(10)18-13(20)9-7-12-11(17-8-9)4-6-24-12/h9-12,15,17H,2-8H2,1H3,(H,18,20)(H,19,21,22). The Balaban J connectivity index is 1.51. The highest BCUT2D eigenvalue weighted by molar-refractivity contribution is 8.00. The number of hydrogen-bond donors (Lipinski definition) is 3. The zero-order valence-electron chi connectivity index (χ0n) is 14.3. The average Bonchev–Trinajstić information content (AvgIpc) is 3.22. The molecule has 0 aromatic heterocycles. The lowest BCUT2D eigenvalue weighted by molar-refractivity contribution is -0.127. The summed E-state index contributed by atoms with van der Waals surface area (Å²) in [4.78, 5) is 36.3. The van der Waals surface area contributed by atoms with Crippen LogP contribution in [0.2, 0.25) is 0 Å². The molecule has 3 rings (SSSR count). The van der Waals surface area contributed by atoms with Gasteiger partial charge in [0.05, 0.1) is 23.8 Å². The SMILES string of the molecule is CCOC(=O)NC(=O)C1CCSC1NC(=O)C1CNC2CCSC2C1. The van der Waals surface area contributed by atoms with Crippen LogP contribution in [0.25, 0.3) is 0 Å². The molecule has 5 atom stereocenters. The van der Waals surface area contributed by atoms with Gasteiger partial charge >= 0.3 is 6.09 Å². The van der Waals surface area contributed by atoms with Gasteiger partial charge in [-0.1, -0.05) is 0 Å². The fourth-order valence-corrected chi connectivity index (χ4v) is 6.45. The summed E-state index contributed by atoms with van der Waals surface area (Å²) in [7, 11) is 0. The van der Waals surface area contributed by atoms with E-state index in [0.29, 0.717) is 24.3 Å². The van der Waals surface area contributed by atoms with Crippen LogP contribution in [-0.2, 0) is 14.3 Å². The summed E-state index contributed by atoms with van der Waals surface area (Å²) in [6, 6.07) is 0.540. The highest BCUT2D eigenvalue weighted by Gasteiger charge is 2.40. The van der Waals surface area contributed by atoms with Crippen molar-refractivity contribution < 1.29 is 19.1 Å². The number of rotatable bonds is 4. The molecule has 0 aliphatic carbocycles. The number of alkyl carbamates (subject to hydrolysis) is 1. The first-order chi connectivity index (χ1) is 12.1. The Morgan fingerprint density at radius 1 is 1.16 bits per heavy atom. The Hall–Kier alpha value is -0.930. The van der Waals surface area contributed by atoms with Gasteiger partial charge in [0.25, 0.3) is 0 Å². The molecule has 5 unspecified atom stereocenters. The summed E-state index contributed by atoms with van der Waals surface area (Å²) < 4.78 is 4.75. The quantitative estimate of drug-likeness (QED) is 0.660. The van der Waals surface area contributed by atoms with E-state index in [4.69, 9.17) is 4.74 Å². The highest BCUT2D eigenvalue weighted by Crippen LogP contribution is 2.35. The summed E-state index contributed by atoms with van der Waals surface area (Å²) in [5, 5.41) is 9.00. The van der Waals surface area contributed by atoms with E-state index in [1.807, 2.05) is 11.8 Å². The molecule has 0 spiro atoms. The van der Waals surface area contributed by atoms with Gasteiger partial charge in [0.1, 0.15) is 0 Å². The van der Waals surface area contributed by atoms with E-state index >= 15 is 0 Å². The molecule has 7 nitrogen and oxygen atoms in total. The van der Waals surface area contributed by atoms with Crippen molar-refractivity contribution in [3.8, 4) is 0 Å². The van der Waals surface area contributed by atoms with Crippen molar-refractivity contribution in [2.75, 3.05) is 24.7 Å². The fourth-order valence-electron chi connectivity index (χ4n) is 3.59. The van der Waals surface area contributed by atoms with Crippen molar-refractivity contribution >= 4 is 41.4 Å². The normalized spacial score (nSPS) is 34.2. The molecular formula is C16H25N3O4S2. The predicted molar refractivity (Wildman–Crippen MR) is 98.4 cm³/mol. The van der Waals surface area contributed by atoms with Crippen molar-refractivity contribution in [1.29, 1.82) is 0 Å². The van der Waals surface area contributed by atoms with E-state index < -0.39 is 12.0 Å². The molecule has 0 saturated carbocycles. The van der Waals surface area contributed by atoms with E-state index in [-0.39, 0.29) is 29.7 Å². The number of carbonyl (C=O) groups is 3. The van der Waals surface area contributed by atoms with E-state index in [0.717, 1.165) is 17.9 Å². The lowest BCUT2D eigenvalue weighted by Crippen LogP contribution is -2.52. The third-order valence-electron chi connectivity index (χ3n) is 4.94. The van der Waals surface area contributed by atoms with Crippen molar-refractivity contribution in [3.05, 3.63) is 0 Å². The largest absolute Gasteiger partial charge is 0.450 e. The lowest BCUT2D eigenvalue weighted by atomic mass is 9.92. The number of amides is 3. The monoisotopic (exact) mass is 387 g/mol. The maximum atomic E-state index is 12.6. The number of carbonyl (C=O) groups excluding carboxylic acids is 3. The summed E-state index contributed by atoms with van der Waals surface area (Å²) in [6.07, 6.45) is 1.99. The molecule has 0 radical (unpaired) electrons. The van der Waals surface area contributed by atoms with Crippen LogP contribution in [0.3, 0.4) is 0 Å². The van der Waals surface area contributed by atoms with Crippen LogP contribution < -0.4 is 16.0 Å². The molecule has 3 saturated heterocycles. The van der Waals surface area contributed by atoms with E-state index in [1.165, 1.54) is 6.42 Å². The molecule has 3 aliphatic rings. The van der Waals surface area contributed by atoms with E-state index in [9.17, 15) is 14.4 Å². The topological polar surface area (TPSA) is 96.5 Å². The third kappa shape index (κ3) is 4.62. The number of thioether (sulfide) groups is 2. The van der Waals surface area contributed by atoms with Crippen LogP contribution in [0.5, 0.6) is 0 Å². The van der Waals surface area contributed by atoms with Crippen LogP contribution in [0.1, 0.15) is 26.2 Å². The van der Waals surface area contributed by atoms with Gasteiger partial charge in [-0.3, -0.25) is 14.9 Å². The number of fused-ring (bicyclic) bond motifs is 1. The predicted octanol–water partition coefficient (Wildman–Crippen LogP) is 0.938. The first-order valence-corrected chi connectivity index (χ1v) is 10.9. The molecular weight excluding hydrogens is 362 g/mol. The van der Waals surface area contributed by atoms with Gasteiger partial charge in [0.15, 0.2) is 0 Å². The van der Waals surface area contributed by atoms with Gasteiger partial charge < -0.3 is 15.4 Å². The molecule has 3 aliphatic heterocycles. The molecule has 140 valence electrons. The second-order valence-corrected chi connectivity index (χ2v) is 9.15. The molecule has 25 heavy (non-hydrogen) atoms. The van der Waals surface area contributed by atoms with Crippen molar-refractivity contribution in [1.82, 2.24) is 16.0 Å². The van der Waals surface area contributed by atoms with Gasteiger partial charge in [-0.25, -0.2) is 4.79 Å². The summed E-state index contributed by atoms with van der Waals surface area (Å²) in [5.41, 5.74) is 0. The van der Waals surface area contributed by atoms with Crippen molar-refractivity contribution in [2.45, 2.75) is 42.9 Å². The molecule has 3 amide bonds. The minimum absolute atomic E-state index is 0.00628. The van der Waals surface area contributed by atoms with Crippen LogP contribution >= 0.6 is 23.5 Å². The minimum Gasteiger partial charge on any atom is -0.450 e. The smallest absolute Gasteiger partial charge is 0.413 e. The maximum Gasteiger partial charge on any atom is 0.413 e. The van der Waals surface area contributed by atoms with Gasteiger partial charge in [-0.05, 0) is 37.7 Å². The summed E-state index contributed by atoms with van der Waals surface area (Å²) in [6.45, 7) is 2.60. The summed E-state index contributed by atoms with van der Waals surface area (Å²) >= 11 is 3.50. The summed E-state index contributed by atoms with van der Waals surface area (Å²) in [5.74, 6) is 1.12. The second kappa shape index (κ2) is 8.64. The van der Waals surface area contributed by atoms with Crippen LogP contribution in [0.15, 0.2) is 0 Å². The Labute approximate surface area is 156 Å². The van der Waals surface area contributed by atoms with Crippen LogP contribution in [-0.4, -0.2) is 59.2 Å². The number of nitrogens with one attached hydrogen (secondary N) is 3. The van der Waals surface area contributed by atoms with E-state index in [1.54, 1.807) is 18.7 Å². The van der Waals surface area contributed by atoms with E-state index in [2.05, 4.69) is 16.0 Å². The number of piperidine rings is 1. The Morgan fingerprint density at radius 3 is 2.76 bits per heavy atom. The number of ether oxygens (including phenoxy) is 1. The molecule has 0 bridgehead atoms. The molecule has 3 fully saturated rings. The van der Waals surface area contributed by atoms with Gasteiger partial charge in [-0.15, -0.1) is 11.8 Å². The molecule has 0 aromatic rings. The number of hydrogen-bond acceptors (Lipinski definition) is 7. The zero-order chi connectivity index (χ0) is 17.8. The van der Waals surface area contributed by atoms with Crippen molar-refractivity contribution in [3.63, 3.8) is 0 Å². The molecule has 3 N–H and O–H groups in total. The minimum atomic E-state index is -0.727. The highest BCUT2D eigenvalue weighted by atomic mass is 32.2. The average molecular weight is 388 g/mol. The van der Waals surface area contributed by atoms with Crippen molar-refractivity contribution in [2.24, 2.45) is 11.8 Å².